The Kier molecular flexibility index (Phi) is 3.40. The Balaban J connectivity index is 2.00. The Morgan fingerprint density at radius 1 is 1.38 bits per heavy atom. The summed E-state index contributed by atoms with van der Waals surface area (Å²) in [6, 6.07) is 6.01. The molecule has 1 fully saturated rings. The number of nitrogens with zero attached hydrogens (tertiary/aromatic N) is 1. The van der Waals surface area contributed by atoms with Crippen LogP contribution in [0.15, 0.2) is 18.2 Å². The first-order valence-electron chi connectivity index (χ1n) is 5.62. The van der Waals surface area contributed by atoms with Crippen LogP contribution < -0.4 is 4.74 Å². The van der Waals surface area contributed by atoms with Crippen LogP contribution in [0.3, 0.4) is 0 Å². The lowest BCUT2D eigenvalue weighted by molar-refractivity contribution is 0.251. The Morgan fingerprint density at radius 3 is 2.81 bits per heavy atom. The minimum absolute atomic E-state index is 0.276. The Morgan fingerprint density at radius 2 is 2.12 bits per heavy atom. The maximum Gasteiger partial charge on any atom is 0.137 e. The van der Waals surface area contributed by atoms with E-state index in [4.69, 9.17) is 10.00 Å². The van der Waals surface area contributed by atoms with E-state index >= 15 is 0 Å². The Labute approximate surface area is 94.7 Å². The van der Waals surface area contributed by atoms with Crippen molar-refractivity contribution in [3.63, 3.8) is 0 Å². The molecule has 1 aromatic rings. The van der Waals surface area contributed by atoms with Crippen molar-refractivity contribution < 1.29 is 9.13 Å². The third-order valence-electron chi connectivity index (χ3n) is 3.01. The summed E-state index contributed by atoms with van der Waals surface area (Å²) in [7, 11) is 0. The molecular formula is C13H14FNO. The standard InChI is InChI=1S/C13H14FNO/c14-12-5-6-13(11(7-12)8-15)16-9-10-3-1-2-4-10/h5-7,10H,1-4,9H2. The molecule has 0 atom stereocenters. The monoisotopic (exact) mass is 219 g/mol. The van der Waals surface area contributed by atoms with Gasteiger partial charge < -0.3 is 4.74 Å². The molecule has 16 heavy (non-hydrogen) atoms. The molecule has 3 heteroatoms. The van der Waals surface area contributed by atoms with Crippen LogP contribution in [0.25, 0.3) is 0 Å². The number of hydrogen-bond donors (Lipinski definition) is 0. The molecule has 1 saturated carbocycles. The smallest absolute Gasteiger partial charge is 0.137 e. The molecule has 0 saturated heterocycles. The summed E-state index contributed by atoms with van der Waals surface area (Å²) in [5.41, 5.74) is 0.276. The molecule has 1 aromatic carbocycles. The van der Waals surface area contributed by atoms with Gasteiger partial charge in [-0.2, -0.15) is 5.26 Å². The summed E-state index contributed by atoms with van der Waals surface area (Å²) < 4.78 is 18.4. The van der Waals surface area contributed by atoms with Crippen LogP contribution >= 0.6 is 0 Å². The average molecular weight is 219 g/mol. The van der Waals surface area contributed by atoms with Crippen molar-refractivity contribution in [1.82, 2.24) is 0 Å². The summed E-state index contributed by atoms with van der Waals surface area (Å²) in [4.78, 5) is 0. The zero-order chi connectivity index (χ0) is 11.4. The summed E-state index contributed by atoms with van der Waals surface area (Å²) in [5, 5.41) is 8.84. The van der Waals surface area contributed by atoms with Gasteiger partial charge in [-0.15, -0.1) is 0 Å². The highest BCUT2D eigenvalue weighted by Gasteiger charge is 2.16. The fourth-order valence-corrected chi connectivity index (χ4v) is 2.10. The maximum absolute atomic E-state index is 12.9. The first-order valence-corrected chi connectivity index (χ1v) is 5.62. The highest BCUT2D eigenvalue weighted by molar-refractivity contribution is 5.42. The van der Waals surface area contributed by atoms with Crippen LogP contribution in [0, 0.1) is 23.1 Å². The number of hydrogen-bond acceptors (Lipinski definition) is 2. The lowest BCUT2D eigenvalue weighted by Crippen LogP contribution is -2.08. The molecule has 1 aliphatic rings. The molecule has 2 rings (SSSR count). The predicted octanol–water partition coefficient (Wildman–Crippen LogP) is 3.27. The number of halogens is 1. The van der Waals surface area contributed by atoms with Crippen LogP contribution in [-0.2, 0) is 0 Å². The molecule has 0 aromatic heterocycles. The highest BCUT2D eigenvalue weighted by atomic mass is 19.1. The van der Waals surface area contributed by atoms with Crippen LogP contribution in [0.4, 0.5) is 4.39 Å². The van der Waals surface area contributed by atoms with Gasteiger partial charge in [-0.3, -0.25) is 0 Å². The molecule has 0 heterocycles. The molecule has 0 amide bonds. The SMILES string of the molecule is N#Cc1cc(F)ccc1OCC1CCCC1. The summed E-state index contributed by atoms with van der Waals surface area (Å²) in [5.74, 6) is 0.692. The largest absolute Gasteiger partial charge is 0.492 e. The van der Waals surface area contributed by atoms with E-state index < -0.39 is 5.82 Å². The molecule has 0 spiro atoms. The van der Waals surface area contributed by atoms with Gasteiger partial charge in [0.15, 0.2) is 0 Å². The van der Waals surface area contributed by atoms with Gasteiger partial charge in [0.2, 0.25) is 0 Å². The molecule has 0 N–H and O–H groups in total. The predicted molar refractivity (Wildman–Crippen MR) is 58.6 cm³/mol. The molecular weight excluding hydrogens is 205 g/mol. The minimum atomic E-state index is -0.398. The fraction of sp³-hybridized carbons (Fsp3) is 0.462. The second kappa shape index (κ2) is 4.98. The molecule has 0 bridgehead atoms. The zero-order valence-electron chi connectivity index (χ0n) is 9.08. The van der Waals surface area contributed by atoms with Gasteiger partial charge in [-0.1, -0.05) is 12.8 Å². The number of nitriles is 1. The van der Waals surface area contributed by atoms with Gasteiger partial charge in [-0.25, -0.2) is 4.39 Å². The Hall–Kier alpha value is -1.56. The zero-order valence-corrected chi connectivity index (χ0v) is 9.08. The van der Waals surface area contributed by atoms with Crippen molar-refractivity contribution in [1.29, 1.82) is 5.26 Å². The topological polar surface area (TPSA) is 33.0 Å². The van der Waals surface area contributed by atoms with E-state index in [1.165, 1.54) is 43.9 Å². The van der Waals surface area contributed by atoms with E-state index in [-0.39, 0.29) is 5.56 Å². The first kappa shape index (κ1) is 10.9. The van der Waals surface area contributed by atoms with Crippen LogP contribution in [0.5, 0.6) is 5.75 Å². The third-order valence-corrected chi connectivity index (χ3v) is 3.01. The van der Waals surface area contributed by atoms with Crippen molar-refractivity contribution in [3.05, 3.63) is 29.6 Å². The number of benzene rings is 1. The van der Waals surface area contributed by atoms with Gasteiger partial charge in [0, 0.05) is 0 Å². The average Bonchev–Trinajstić information content (AvgIpc) is 2.80. The third kappa shape index (κ3) is 2.52. The maximum atomic E-state index is 12.9. The summed E-state index contributed by atoms with van der Waals surface area (Å²) in [6.07, 6.45) is 4.93. The first-order chi connectivity index (χ1) is 7.79. The van der Waals surface area contributed by atoms with Crippen molar-refractivity contribution in [3.8, 4) is 11.8 Å². The van der Waals surface area contributed by atoms with Gasteiger partial charge in [0.25, 0.3) is 0 Å². The van der Waals surface area contributed by atoms with Crippen LogP contribution in [-0.4, -0.2) is 6.61 Å². The van der Waals surface area contributed by atoms with Crippen molar-refractivity contribution >= 4 is 0 Å². The summed E-state index contributed by atoms with van der Waals surface area (Å²) >= 11 is 0. The lowest BCUT2D eigenvalue weighted by Gasteiger charge is -2.12. The van der Waals surface area contributed by atoms with Crippen molar-refractivity contribution in [2.45, 2.75) is 25.7 Å². The molecule has 84 valence electrons. The summed E-state index contributed by atoms with van der Waals surface area (Å²) in [6.45, 7) is 0.639. The molecule has 0 aliphatic heterocycles. The van der Waals surface area contributed by atoms with Crippen molar-refractivity contribution in [2.24, 2.45) is 5.92 Å². The van der Waals surface area contributed by atoms with E-state index in [0.717, 1.165) is 0 Å². The van der Waals surface area contributed by atoms with Crippen molar-refractivity contribution in [2.75, 3.05) is 6.61 Å². The second-order valence-corrected chi connectivity index (χ2v) is 4.21. The Bertz CT molecular complexity index is 405. The molecule has 0 unspecified atom stereocenters. The van der Waals surface area contributed by atoms with Gasteiger partial charge in [-0.05, 0) is 37.0 Å². The number of rotatable bonds is 3. The van der Waals surface area contributed by atoms with E-state index in [1.54, 1.807) is 0 Å². The highest BCUT2D eigenvalue weighted by Crippen LogP contribution is 2.26. The number of ether oxygens (including phenoxy) is 1. The molecule has 1 aliphatic carbocycles. The molecule has 2 nitrogen and oxygen atoms in total. The fourth-order valence-electron chi connectivity index (χ4n) is 2.10. The van der Waals surface area contributed by atoms with E-state index in [2.05, 4.69) is 0 Å². The van der Waals surface area contributed by atoms with E-state index in [9.17, 15) is 4.39 Å². The lowest BCUT2D eigenvalue weighted by atomic mass is 10.1. The van der Waals surface area contributed by atoms with Gasteiger partial charge in [0.1, 0.15) is 17.6 Å². The van der Waals surface area contributed by atoms with Gasteiger partial charge >= 0.3 is 0 Å². The van der Waals surface area contributed by atoms with E-state index in [0.29, 0.717) is 18.3 Å². The van der Waals surface area contributed by atoms with E-state index in [1.807, 2.05) is 6.07 Å². The molecule has 0 radical (unpaired) electrons. The quantitative estimate of drug-likeness (QED) is 0.781. The second-order valence-electron chi connectivity index (χ2n) is 4.21. The minimum Gasteiger partial charge on any atom is -0.492 e. The van der Waals surface area contributed by atoms with Crippen LogP contribution in [0.1, 0.15) is 31.2 Å². The van der Waals surface area contributed by atoms with Crippen LogP contribution in [0.2, 0.25) is 0 Å². The normalized spacial score (nSPS) is 16.0. The van der Waals surface area contributed by atoms with Gasteiger partial charge in [0.05, 0.1) is 12.2 Å².